The molecule has 2 aromatic carbocycles. The Morgan fingerprint density at radius 1 is 1.14 bits per heavy atom. The van der Waals surface area contributed by atoms with Gasteiger partial charge in [0, 0.05) is 37.0 Å². The van der Waals surface area contributed by atoms with Crippen LogP contribution in [0.15, 0.2) is 48.5 Å². The normalized spacial score (nSPS) is 18.6. The monoisotopic (exact) mass is 511 g/mol. The number of hydrogen-bond donors (Lipinski definition) is 1. The third kappa shape index (κ3) is 6.60. The van der Waals surface area contributed by atoms with E-state index < -0.39 is 0 Å². The fraction of sp³-hybridized carbons (Fsp3) is 0.517. The molecule has 0 aromatic heterocycles. The third-order valence-electron chi connectivity index (χ3n) is 7.68. The van der Waals surface area contributed by atoms with E-state index in [0.29, 0.717) is 18.0 Å². The Hall–Kier alpha value is -2.57. The summed E-state index contributed by atoms with van der Waals surface area (Å²) in [4.78, 5) is 29.8. The molecule has 1 atom stereocenters. The summed E-state index contributed by atoms with van der Waals surface area (Å²) in [6.07, 6.45) is 3.52. The van der Waals surface area contributed by atoms with E-state index in [9.17, 15) is 9.59 Å². The van der Waals surface area contributed by atoms with Crippen LogP contribution < -0.4 is 10.1 Å². The summed E-state index contributed by atoms with van der Waals surface area (Å²) in [6.45, 7) is 8.17. The number of nitrogens with zero attached hydrogens (tertiary/aromatic N) is 2. The standard InChI is InChI=1S/C29H38ClN3O3/c1-21(2)28(35)31-26(23-5-4-6-24(30)17-23)11-14-32-15-12-29(13-16-32)18-27(34)33(20-29)19-22-7-9-25(36-3)10-8-22/h4-10,17,21,26H,11-16,18-20H2,1-3H3,(H,31,35)/t26-/m0/s1. The molecular weight excluding hydrogens is 474 g/mol. The van der Waals surface area contributed by atoms with Crippen LogP contribution in [0.3, 0.4) is 0 Å². The first kappa shape index (κ1) is 26.5. The summed E-state index contributed by atoms with van der Waals surface area (Å²) in [6, 6.07) is 15.7. The number of hydrogen-bond acceptors (Lipinski definition) is 4. The number of piperidine rings is 1. The van der Waals surface area contributed by atoms with E-state index in [1.807, 2.05) is 67.3 Å². The summed E-state index contributed by atoms with van der Waals surface area (Å²) in [7, 11) is 1.66. The Labute approximate surface area is 219 Å². The van der Waals surface area contributed by atoms with Gasteiger partial charge in [-0.3, -0.25) is 9.59 Å². The third-order valence-corrected chi connectivity index (χ3v) is 7.92. The summed E-state index contributed by atoms with van der Waals surface area (Å²) in [5, 5.41) is 3.89. The first-order chi connectivity index (χ1) is 17.3. The molecule has 2 aliphatic rings. The maximum atomic E-state index is 12.9. The average molecular weight is 512 g/mol. The Kier molecular flexibility index (Phi) is 8.58. The molecule has 0 unspecified atom stereocenters. The zero-order valence-corrected chi connectivity index (χ0v) is 22.4. The van der Waals surface area contributed by atoms with Crippen molar-refractivity contribution in [2.75, 3.05) is 33.3 Å². The van der Waals surface area contributed by atoms with Gasteiger partial charge in [0.25, 0.3) is 0 Å². The highest BCUT2D eigenvalue weighted by atomic mass is 35.5. The molecule has 1 N–H and O–H groups in total. The minimum absolute atomic E-state index is 0.0546. The zero-order chi connectivity index (χ0) is 25.7. The molecule has 2 aromatic rings. The van der Waals surface area contributed by atoms with Gasteiger partial charge in [-0.15, -0.1) is 0 Å². The van der Waals surface area contributed by atoms with E-state index in [0.717, 1.165) is 62.3 Å². The van der Waals surface area contributed by atoms with Crippen LogP contribution in [0, 0.1) is 11.3 Å². The van der Waals surface area contributed by atoms with Crippen LogP contribution >= 0.6 is 11.6 Å². The molecular formula is C29H38ClN3O3. The number of benzene rings is 2. The van der Waals surface area contributed by atoms with Crippen LogP contribution in [0.4, 0.5) is 0 Å². The van der Waals surface area contributed by atoms with Gasteiger partial charge in [0.15, 0.2) is 0 Å². The van der Waals surface area contributed by atoms with Gasteiger partial charge in [-0.1, -0.05) is 49.7 Å². The molecule has 2 fully saturated rings. The zero-order valence-electron chi connectivity index (χ0n) is 21.6. The average Bonchev–Trinajstić information content (AvgIpc) is 3.17. The van der Waals surface area contributed by atoms with Gasteiger partial charge in [0.1, 0.15) is 5.75 Å². The second kappa shape index (κ2) is 11.7. The molecule has 2 aliphatic heterocycles. The van der Waals surface area contributed by atoms with Crippen molar-refractivity contribution in [3.8, 4) is 5.75 Å². The first-order valence-electron chi connectivity index (χ1n) is 13.0. The van der Waals surface area contributed by atoms with Gasteiger partial charge < -0.3 is 19.9 Å². The number of rotatable bonds is 9. The van der Waals surface area contributed by atoms with Gasteiger partial charge in [0.2, 0.25) is 11.8 Å². The summed E-state index contributed by atoms with van der Waals surface area (Å²) < 4.78 is 5.24. The molecule has 7 heteroatoms. The predicted molar refractivity (Wildman–Crippen MR) is 143 cm³/mol. The van der Waals surface area contributed by atoms with Crippen molar-refractivity contribution < 1.29 is 14.3 Å². The number of ether oxygens (including phenoxy) is 1. The van der Waals surface area contributed by atoms with Gasteiger partial charge in [-0.2, -0.15) is 0 Å². The van der Waals surface area contributed by atoms with Crippen LogP contribution in [0.5, 0.6) is 5.75 Å². The van der Waals surface area contributed by atoms with Gasteiger partial charge in [-0.25, -0.2) is 0 Å². The highest BCUT2D eigenvalue weighted by Crippen LogP contribution is 2.41. The molecule has 36 heavy (non-hydrogen) atoms. The number of methoxy groups -OCH3 is 1. The van der Waals surface area contributed by atoms with Crippen LogP contribution in [0.2, 0.25) is 5.02 Å². The van der Waals surface area contributed by atoms with E-state index in [1.165, 1.54) is 0 Å². The number of likely N-dealkylation sites (tertiary alicyclic amines) is 2. The number of amides is 2. The Morgan fingerprint density at radius 2 is 1.86 bits per heavy atom. The topological polar surface area (TPSA) is 61.9 Å². The minimum atomic E-state index is -0.0673. The molecule has 1 spiro atoms. The van der Waals surface area contributed by atoms with Crippen LogP contribution in [-0.4, -0.2) is 54.9 Å². The molecule has 0 radical (unpaired) electrons. The molecule has 2 saturated heterocycles. The maximum Gasteiger partial charge on any atom is 0.223 e. The number of carbonyl (C=O) groups is 2. The molecule has 4 rings (SSSR count). The van der Waals surface area contributed by atoms with Gasteiger partial charge in [-0.05, 0) is 73.2 Å². The van der Waals surface area contributed by atoms with E-state index in [-0.39, 0.29) is 29.2 Å². The Bertz CT molecular complexity index is 1050. The van der Waals surface area contributed by atoms with Crippen molar-refractivity contribution in [3.63, 3.8) is 0 Å². The molecule has 2 heterocycles. The van der Waals surface area contributed by atoms with E-state index in [2.05, 4.69) is 10.2 Å². The van der Waals surface area contributed by atoms with Crippen molar-refractivity contribution in [2.45, 2.75) is 52.1 Å². The van der Waals surface area contributed by atoms with Crippen molar-refractivity contribution in [1.29, 1.82) is 0 Å². The van der Waals surface area contributed by atoms with E-state index in [4.69, 9.17) is 16.3 Å². The van der Waals surface area contributed by atoms with E-state index in [1.54, 1.807) is 7.11 Å². The smallest absolute Gasteiger partial charge is 0.223 e. The number of carbonyl (C=O) groups excluding carboxylic acids is 2. The lowest BCUT2D eigenvalue weighted by Crippen LogP contribution is -2.43. The largest absolute Gasteiger partial charge is 0.497 e. The highest BCUT2D eigenvalue weighted by Gasteiger charge is 2.44. The first-order valence-corrected chi connectivity index (χ1v) is 13.3. The van der Waals surface area contributed by atoms with E-state index >= 15 is 0 Å². The molecule has 2 amide bonds. The molecule has 194 valence electrons. The summed E-state index contributed by atoms with van der Waals surface area (Å²) >= 11 is 6.23. The second-order valence-corrected chi connectivity index (χ2v) is 11.1. The van der Waals surface area contributed by atoms with Crippen LogP contribution in [0.1, 0.15) is 56.7 Å². The van der Waals surface area contributed by atoms with Crippen LogP contribution in [-0.2, 0) is 16.1 Å². The fourth-order valence-electron chi connectivity index (χ4n) is 5.36. The molecule has 0 saturated carbocycles. The molecule has 0 bridgehead atoms. The SMILES string of the molecule is COc1ccc(CN2CC3(CCN(CC[C@H](NC(=O)C(C)C)c4cccc(Cl)c4)CC3)CC2=O)cc1. The van der Waals surface area contributed by atoms with Crippen molar-refractivity contribution in [2.24, 2.45) is 11.3 Å². The van der Waals surface area contributed by atoms with Crippen molar-refractivity contribution in [1.82, 2.24) is 15.1 Å². The summed E-state index contributed by atoms with van der Waals surface area (Å²) in [5.74, 6) is 1.08. The predicted octanol–water partition coefficient (Wildman–Crippen LogP) is 5.07. The quantitative estimate of drug-likeness (QED) is 0.510. The second-order valence-electron chi connectivity index (χ2n) is 10.7. The summed E-state index contributed by atoms with van der Waals surface area (Å²) in [5.41, 5.74) is 2.26. The van der Waals surface area contributed by atoms with Gasteiger partial charge >= 0.3 is 0 Å². The minimum Gasteiger partial charge on any atom is -0.497 e. The maximum absolute atomic E-state index is 12.9. The Balaban J connectivity index is 1.31. The lowest BCUT2D eigenvalue weighted by molar-refractivity contribution is -0.128. The van der Waals surface area contributed by atoms with Crippen molar-refractivity contribution in [3.05, 3.63) is 64.7 Å². The fourth-order valence-corrected chi connectivity index (χ4v) is 5.56. The Morgan fingerprint density at radius 3 is 2.50 bits per heavy atom. The van der Waals surface area contributed by atoms with Gasteiger partial charge in [0.05, 0.1) is 13.2 Å². The number of halogens is 1. The molecule has 0 aliphatic carbocycles. The highest BCUT2D eigenvalue weighted by molar-refractivity contribution is 6.30. The lowest BCUT2D eigenvalue weighted by Gasteiger charge is -2.39. The van der Waals surface area contributed by atoms with Crippen molar-refractivity contribution >= 4 is 23.4 Å². The lowest BCUT2D eigenvalue weighted by atomic mass is 9.77. The molecule has 6 nitrogen and oxygen atoms in total. The number of nitrogens with one attached hydrogen (secondary N) is 1. The van der Waals surface area contributed by atoms with Crippen LogP contribution in [0.25, 0.3) is 0 Å².